The lowest BCUT2D eigenvalue weighted by Gasteiger charge is -2.44. The monoisotopic (exact) mass is 206 g/mol. The van der Waals surface area contributed by atoms with Gasteiger partial charge >= 0.3 is 0 Å². The van der Waals surface area contributed by atoms with E-state index in [-0.39, 0.29) is 0 Å². The van der Waals surface area contributed by atoms with Crippen molar-refractivity contribution in [1.82, 2.24) is 0 Å². The van der Waals surface area contributed by atoms with Gasteiger partial charge in [0.15, 0.2) is 0 Å². The highest BCUT2D eigenvalue weighted by molar-refractivity contribution is 5.79. The quantitative estimate of drug-likeness (QED) is 0.599. The van der Waals surface area contributed by atoms with E-state index in [9.17, 15) is 4.79 Å². The van der Waals surface area contributed by atoms with Gasteiger partial charge in [0.05, 0.1) is 0 Å². The molecule has 0 spiro atoms. The maximum atomic E-state index is 11.6. The Hall–Kier alpha value is -0.590. The number of hydrogen-bond donors (Lipinski definition) is 0. The van der Waals surface area contributed by atoms with E-state index >= 15 is 0 Å². The SMILES string of the molecule is C=C(C)[C@@H]1CC[C@@H](C)[C@@H]2CCC(=O)C[C@@H]21. The third-order valence-electron chi connectivity index (χ3n) is 4.58. The highest BCUT2D eigenvalue weighted by Crippen LogP contribution is 2.47. The average Bonchev–Trinajstić information content (AvgIpc) is 2.17. The number of Topliss-reactive ketones (excluding diaryl/α,β-unsaturated/α-hetero) is 1. The van der Waals surface area contributed by atoms with Gasteiger partial charge in [-0.3, -0.25) is 4.79 Å². The highest BCUT2D eigenvalue weighted by Gasteiger charge is 2.40. The molecule has 2 rings (SSSR count). The van der Waals surface area contributed by atoms with Gasteiger partial charge in [0.25, 0.3) is 0 Å². The van der Waals surface area contributed by atoms with Crippen LogP contribution in [-0.2, 0) is 4.79 Å². The summed E-state index contributed by atoms with van der Waals surface area (Å²) in [6.07, 6.45) is 5.37. The second kappa shape index (κ2) is 4.11. The van der Waals surface area contributed by atoms with Crippen LogP contribution in [0.25, 0.3) is 0 Å². The van der Waals surface area contributed by atoms with E-state index in [0.29, 0.717) is 17.6 Å². The Bertz CT molecular complexity index is 279. The minimum Gasteiger partial charge on any atom is -0.300 e. The van der Waals surface area contributed by atoms with Crippen LogP contribution in [-0.4, -0.2) is 5.78 Å². The van der Waals surface area contributed by atoms with Gasteiger partial charge < -0.3 is 0 Å². The van der Waals surface area contributed by atoms with Crippen LogP contribution in [0.4, 0.5) is 0 Å². The van der Waals surface area contributed by atoms with Gasteiger partial charge in [-0.2, -0.15) is 0 Å². The molecule has 0 aliphatic heterocycles. The van der Waals surface area contributed by atoms with Gasteiger partial charge in [0.1, 0.15) is 5.78 Å². The molecule has 0 bridgehead atoms. The third-order valence-corrected chi connectivity index (χ3v) is 4.58. The average molecular weight is 206 g/mol. The molecule has 15 heavy (non-hydrogen) atoms. The first-order valence-corrected chi connectivity index (χ1v) is 6.26. The summed E-state index contributed by atoms with van der Waals surface area (Å²) in [5, 5.41) is 0. The van der Waals surface area contributed by atoms with Crippen molar-refractivity contribution in [2.24, 2.45) is 23.7 Å². The summed E-state index contributed by atoms with van der Waals surface area (Å²) in [6, 6.07) is 0. The van der Waals surface area contributed by atoms with Gasteiger partial charge in [-0.15, -0.1) is 0 Å². The Morgan fingerprint density at radius 3 is 2.67 bits per heavy atom. The number of allylic oxidation sites excluding steroid dienone is 1. The summed E-state index contributed by atoms with van der Waals surface area (Å²) in [5.41, 5.74) is 1.30. The first-order chi connectivity index (χ1) is 7.09. The minimum absolute atomic E-state index is 0.483. The second-order valence-corrected chi connectivity index (χ2v) is 5.62. The summed E-state index contributed by atoms with van der Waals surface area (Å²) in [6.45, 7) is 8.61. The van der Waals surface area contributed by atoms with Crippen molar-refractivity contribution >= 4 is 5.78 Å². The van der Waals surface area contributed by atoms with Crippen LogP contribution >= 0.6 is 0 Å². The lowest BCUT2D eigenvalue weighted by molar-refractivity contribution is -0.124. The van der Waals surface area contributed by atoms with Crippen molar-refractivity contribution in [3.63, 3.8) is 0 Å². The van der Waals surface area contributed by atoms with E-state index in [2.05, 4.69) is 20.4 Å². The normalized spacial score (nSPS) is 41.1. The summed E-state index contributed by atoms with van der Waals surface area (Å²) in [4.78, 5) is 11.6. The summed E-state index contributed by atoms with van der Waals surface area (Å²) in [7, 11) is 0. The van der Waals surface area contributed by atoms with Crippen molar-refractivity contribution in [1.29, 1.82) is 0 Å². The number of carbonyl (C=O) groups excluding carboxylic acids is 1. The molecule has 0 aromatic carbocycles. The molecule has 2 fully saturated rings. The molecular weight excluding hydrogens is 184 g/mol. The molecular formula is C14H22O. The van der Waals surface area contributed by atoms with Gasteiger partial charge in [0, 0.05) is 12.8 Å². The fourth-order valence-electron chi connectivity index (χ4n) is 3.69. The van der Waals surface area contributed by atoms with Crippen LogP contribution in [0.3, 0.4) is 0 Å². The van der Waals surface area contributed by atoms with E-state index in [0.717, 1.165) is 31.1 Å². The number of fused-ring (bicyclic) bond motifs is 1. The van der Waals surface area contributed by atoms with Crippen LogP contribution < -0.4 is 0 Å². The van der Waals surface area contributed by atoms with Crippen molar-refractivity contribution in [2.75, 3.05) is 0 Å². The molecule has 1 heteroatoms. The molecule has 1 nitrogen and oxygen atoms in total. The zero-order valence-electron chi connectivity index (χ0n) is 9.96. The topological polar surface area (TPSA) is 17.1 Å². The first-order valence-electron chi connectivity index (χ1n) is 6.26. The van der Waals surface area contributed by atoms with Crippen LogP contribution in [0.1, 0.15) is 46.0 Å². The molecule has 0 unspecified atom stereocenters. The molecule has 0 N–H and O–H groups in total. The summed E-state index contributed by atoms with van der Waals surface area (Å²) in [5.74, 6) is 3.33. The molecule has 2 aliphatic carbocycles. The fourth-order valence-corrected chi connectivity index (χ4v) is 3.69. The molecule has 2 aliphatic rings. The number of rotatable bonds is 1. The summed E-state index contributed by atoms with van der Waals surface area (Å²) < 4.78 is 0. The van der Waals surface area contributed by atoms with Crippen molar-refractivity contribution in [3.05, 3.63) is 12.2 Å². The Kier molecular flexibility index (Phi) is 2.99. The van der Waals surface area contributed by atoms with E-state index in [1.807, 2.05) is 0 Å². The predicted molar refractivity (Wildman–Crippen MR) is 62.5 cm³/mol. The van der Waals surface area contributed by atoms with Crippen LogP contribution in [0.2, 0.25) is 0 Å². The predicted octanol–water partition coefficient (Wildman–Crippen LogP) is 3.59. The van der Waals surface area contributed by atoms with Crippen LogP contribution in [0, 0.1) is 23.7 Å². The minimum atomic E-state index is 0.483. The summed E-state index contributed by atoms with van der Waals surface area (Å²) >= 11 is 0. The Morgan fingerprint density at radius 2 is 2.00 bits per heavy atom. The van der Waals surface area contributed by atoms with Crippen molar-refractivity contribution < 1.29 is 4.79 Å². The van der Waals surface area contributed by atoms with Crippen molar-refractivity contribution in [2.45, 2.75) is 46.0 Å². The highest BCUT2D eigenvalue weighted by atomic mass is 16.1. The Balaban J connectivity index is 2.17. The van der Waals surface area contributed by atoms with Crippen LogP contribution in [0.5, 0.6) is 0 Å². The Morgan fingerprint density at radius 1 is 1.27 bits per heavy atom. The zero-order chi connectivity index (χ0) is 11.0. The molecule has 0 radical (unpaired) electrons. The number of carbonyl (C=O) groups is 1. The van der Waals surface area contributed by atoms with Crippen LogP contribution in [0.15, 0.2) is 12.2 Å². The molecule has 0 amide bonds. The first kappa shape index (κ1) is 10.9. The Labute approximate surface area is 92.9 Å². The third kappa shape index (κ3) is 2.02. The molecule has 2 saturated carbocycles. The van der Waals surface area contributed by atoms with Gasteiger partial charge in [-0.1, -0.05) is 19.1 Å². The lowest BCUT2D eigenvalue weighted by atomic mass is 9.60. The largest absolute Gasteiger partial charge is 0.300 e. The molecule has 0 aromatic rings. The molecule has 84 valence electrons. The molecule has 4 atom stereocenters. The smallest absolute Gasteiger partial charge is 0.133 e. The fraction of sp³-hybridized carbons (Fsp3) is 0.786. The number of ketones is 1. The maximum Gasteiger partial charge on any atom is 0.133 e. The second-order valence-electron chi connectivity index (χ2n) is 5.62. The van der Waals surface area contributed by atoms with E-state index in [1.54, 1.807) is 0 Å². The van der Waals surface area contributed by atoms with Gasteiger partial charge in [0.2, 0.25) is 0 Å². The molecule has 0 aromatic heterocycles. The van der Waals surface area contributed by atoms with E-state index in [4.69, 9.17) is 0 Å². The van der Waals surface area contributed by atoms with Crippen molar-refractivity contribution in [3.8, 4) is 0 Å². The van der Waals surface area contributed by atoms with E-state index < -0.39 is 0 Å². The van der Waals surface area contributed by atoms with E-state index in [1.165, 1.54) is 18.4 Å². The maximum absolute atomic E-state index is 11.6. The van der Waals surface area contributed by atoms with Gasteiger partial charge in [-0.05, 0) is 49.9 Å². The van der Waals surface area contributed by atoms with Gasteiger partial charge in [-0.25, -0.2) is 0 Å². The molecule has 0 saturated heterocycles. The number of hydrogen-bond acceptors (Lipinski definition) is 1. The molecule has 0 heterocycles. The standard InChI is InChI=1S/C14H22O/c1-9(2)12-6-4-10(3)13-7-5-11(15)8-14(12)13/h10,12-14H,1,4-8H2,2-3H3/t10-,12+,13+,14-/m1/s1. The zero-order valence-corrected chi connectivity index (χ0v) is 9.96. The lowest BCUT2D eigenvalue weighted by Crippen LogP contribution is -2.38.